The van der Waals surface area contributed by atoms with E-state index < -0.39 is 6.04 Å². The summed E-state index contributed by atoms with van der Waals surface area (Å²) in [5.74, 6) is 0.417. The van der Waals surface area contributed by atoms with Crippen LogP contribution in [0.5, 0.6) is 5.75 Å². The lowest BCUT2D eigenvalue weighted by Gasteiger charge is -2.39. The SMILES string of the molecule is CN1CCN(C(=O)COc2ccccc2)C(Cc2ccc(-c3ccncc3)cc2)C1=O. The third-order valence-electron chi connectivity index (χ3n) is 5.54. The Balaban J connectivity index is 1.46. The number of aromatic nitrogens is 1. The monoisotopic (exact) mass is 415 g/mol. The number of benzene rings is 2. The second kappa shape index (κ2) is 9.43. The van der Waals surface area contributed by atoms with Crippen molar-refractivity contribution >= 4 is 11.8 Å². The molecule has 1 atom stereocenters. The molecule has 0 spiro atoms. The van der Waals surface area contributed by atoms with Crippen molar-refractivity contribution in [2.45, 2.75) is 12.5 Å². The zero-order chi connectivity index (χ0) is 21.6. The van der Waals surface area contributed by atoms with Crippen molar-refractivity contribution in [3.63, 3.8) is 0 Å². The number of carbonyl (C=O) groups excluding carboxylic acids is 2. The summed E-state index contributed by atoms with van der Waals surface area (Å²) in [6.45, 7) is 0.935. The fourth-order valence-electron chi connectivity index (χ4n) is 3.75. The van der Waals surface area contributed by atoms with Crippen LogP contribution in [0, 0.1) is 0 Å². The lowest BCUT2D eigenvalue weighted by atomic mass is 9.98. The number of pyridine rings is 1. The lowest BCUT2D eigenvalue weighted by Crippen LogP contribution is -2.59. The van der Waals surface area contributed by atoms with Gasteiger partial charge in [0, 0.05) is 39.0 Å². The molecule has 6 heteroatoms. The molecule has 0 radical (unpaired) electrons. The quantitative estimate of drug-likeness (QED) is 0.621. The van der Waals surface area contributed by atoms with Crippen molar-refractivity contribution in [2.24, 2.45) is 0 Å². The van der Waals surface area contributed by atoms with Gasteiger partial charge in [-0.15, -0.1) is 0 Å². The zero-order valence-corrected chi connectivity index (χ0v) is 17.5. The van der Waals surface area contributed by atoms with Crippen LogP contribution < -0.4 is 4.74 Å². The van der Waals surface area contributed by atoms with Crippen LogP contribution in [0.3, 0.4) is 0 Å². The third kappa shape index (κ3) is 4.91. The van der Waals surface area contributed by atoms with Gasteiger partial charge in [0.1, 0.15) is 11.8 Å². The number of para-hydroxylation sites is 1. The summed E-state index contributed by atoms with van der Waals surface area (Å²) < 4.78 is 5.63. The molecular formula is C25H25N3O3. The first kappa shape index (κ1) is 20.6. The van der Waals surface area contributed by atoms with Crippen molar-refractivity contribution in [3.8, 4) is 16.9 Å². The summed E-state index contributed by atoms with van der Waals surface area (Å²) in [7, 11) is 1.78. The first-order valence-electron chi connectivity index (χ1n) is 10.3. The van der Waals surface area contributed by atoms with Gasteiger partial charge < -0.3 is 14.5 Å². The van der Waals surface area contributed by atoms with Crippen molar-refractivity contribution in [3.05, 3.63) is 84.7 Å². The molecule has 0 N–H and O–H groups in total. The Morgan fingerprint density at radius 3 is 2.35 bits per heavy atom. The van der Waals surface area contributed by atoms with Gasteiger partial charge in [-0.1, -0.05) is 42.5 Å². The highest BCUT2D eigenvalue weighted by Crippen LogP contribution is 2.21. The number of carbonyl (C=O) groups is 2. The summed E-state index contributed by atoms with van der Waals surface area (Å²) in [5.41, 5.74) is 3.18. The van der Waals surface area contributed by atoms with Crippen molar-refractivity contribution in [1.82, 2.24) is 14.8 Å². The molecule has 1 fully saturated rings. The second-order valence-electron chi connectivity index (χ2n) is 7.60. The standard InChI is InChI=1S/C25H25N3O3/c1-27-15-16-28(24(29)18-31-22-5-3-2-4-6-22)23(25(27)30)17-19-7-9-20(10-8-19)21-11-13-26-14-12-21/h2-14,23H,15-18H2,1H3. The van der Waals surface area contributed by atoms with Gasteiger partial charge in [0.2, 0.25) is 5.91 Å². The fourth-order valence-corrected chi connectivity index (χ4v) is 3.75. The molecular weight excluding hydrogens is 390 g/mol. The highest BCUT2D eigenvalue weighted by Gasteiger charge is 2.36. The predicted octanol–water partition coefficient (Wildman–Crippen LogP) is 3.04. The Morgan fingerprint density at radius 1 is 0.968 bits per heavy atom. The normalized spacial score (nSPS) is 16.3. The molecule has 6 nitrogen and oxygen atoms in total. The number of hydrogen-bond acceptors (Lipinski definition) is 4. The Hall–Kier alpha value is -3.67. The van der Waals surface area contributed by atoms with Gasteiger partial charge in [0.05, 0.1) is 0 Å². The predicted molar refractivity (Wildman–Crippen MR) is 118 cm³/mol. The van der Waals surface area contributed by atoms with Crippen LogP contribution in [0.1, 0.15) is 5.56 Å². The van der Waals surface area contributed by atoms with Gasteiger partial charge >= 0.3 is 0 Å². The highest BCUT2D eigenvalue weighted by molar-refractivity contribution is 5.89. The molecule has 2 aromatic carbocycles. The van der Waals surface area contributed by atoms with E-state index in [9.17, 15) is 9.59 Å². The van der Waals surface area contributed by atoms with Gasteiger partial charge in [0.15, 0.2) is 6.61 Å². The minimum atomic E-state index is -0.530. The van der Waals surface area contributed by atoms with E-state index in [2.05, 4.69) is 4.98 Å². The van der Waals surface area contributed by atoms with Gasteiger partial charge in [0.25, 0.3) is 5.91 Å². The van der Waals surface area contributed by atoms with E-state index in [-0.39, 0.29) is 18.4 Å². The van der Waals surface area contributed by atoms with Crippen molar-refractivity contribution in [1.29, 1.82) is 0 Å². The molecule has 158 valence electrons. The molecule has 2 amide bonds. The van der Waals surface area contributed by atoms with Crippen LogP contribution in [-0.4, -0.2) is 59.4 Å². The molecule has 1 aliphatic heterocycles. The largest absolute Gasteiger partial charge is 0.484 e. The van der Waals surface area contributed by atoms with E-state index in [1.54, 1.807) is 29.2 Å². The maximum absolute atomic E-state index is 12.9. The van der Waals surface area contributed by atoms with E-state index in [1.165, 1.54) is 0 Å². The highest BCUT2D eigenvalue weighted by atomic mass is 16.5. The van der Waals surface area contributed by atoms with Gasteiger partial charge in [-0.05, 0) is 41.0 Å². The van der Waals surface area contributed by atoms with Crippen molar-refractivity contribution < 1.29 is 14.3 Å². The molecule has 31 heavy (non-hydrogen) atoms. The Bertz CT molecular complexity index is 1020. The van der Waals surface area contributed by atoms with E-state index in [0.717, 1.165) is 16.7 Å². The smallest absolute Gasteiger partial charge is 0.261 e. The minimum Gasteiger partial charge on any atom is -0.484 e. The number of piperazine rings is 1. The van der Waals surface area contributed by atoms with E-state index >= 15 is 0 Å². The Kier molecular flexibility index (Phi) is 6.26. The Labute approximate surface area is 182 Å². The number of ether oxygens (including phenoxy) is 1. The summed E-state index contributed by atoms with van der Waals surface area (Å²) in [5, 5.41) is 0. The topological polar surface area (TPSA) is 62.7 Å². The van der Waals surface area contributed by atoms with Crippen LogP contribution in [-0.2, 0) is 16.0 Å². The van der Waals surface area contributed by atoms with Gasteiger partial charge in [-0.3, -0.25) is 14.6 Å². The summed E-state index contributed by atoms with van der Waals surface area (Å²) in [6, 6.07) is 20.7. The molecule has 1 unspecified atom stereocenters. The maximum atomic E-state index is 12.9. The molecule has 1 saturated heterocycles. The number of likely N-dealkylation sites (N-methyl/N-ethyl adjacent to an activating group) is 1. The van der Waals surface area contributed by atoms with Crippen molar-refractivity contribution in [2.75, 3.05) is 26.7 Å². The van der Waals surface area contributed by atoms with Crippen LogP contribution in [0.25, 0.3) is 11.1 Å². The molecule has 0 aliphatic carbocycles. The fraction of sp³-hybridized carbons (Fsp3) is 0.240. The molecule has 1 aromatic heterocycles. The number of hydrogen-bond donors (Lipinski definition) is 0. The van der Waals surface area contributed by atoms with E-state index in [1.807, 2.05) is 66.7 Å². The molecule has 4 rings (SSSR count). The molecule has 0 bridgehead atoms. The minimum absolute atomic E-state index is 0.0440. The molecule has 2 heterocycles. The summed E-state index contributed by atoms with van der Waals surface area (Å²) in [6.07, 6.45) is 4.00. The number of nitrogens with zero attached hydrogens (tertiary/aromatic N) is 3. The molecule has 3 aromatic rings. The summed E-state index contributed by atoms with van der Waals surface area (Å²) in [4.78, 5) is 33.2. The number of rotatable bonds is 6. The zero-order valence-electron chi connectivity index (χ0n) is 17.5. The van der Waals surface area contributed by atoms with Gasteiger partial charge in [-0.25, -0.2) is 0 Å². The average Bonchev–Trinajstić information content (AvgIpc) is 2.82. The van der Waals surface area contributed by atoms with E-state index in [4.69, 9.17) is 4.74 Å². The average molecular weight is 415 g/mol. The maximum Gasteiger partial charge on any atom is 0.261 e. The summed E-state index contributed by atoms with van der Waals surface area (Å²) >= 11 is 0. The van der Waals surface area contributed by atoms with Crippen LogP contribution in [0.15, 0.2) is 79.1 Å². The Morgan fingerprint density at radius 2 is 1.65 bits per heavy atom. The molecule has 1 aliphatic rings. The number of amides is 2. The second-order valence-corrected chi connectivity index (χ2v) is 7.60. The third-order valence-corrected chi connectivity index (χ3v) is 5.54. The van der Waals surface area contributed by atoms with E-state index in [0.29, 0.717) is 25.3 Å². The molecule has 0 saturated carbocycles. The van der Waals surface area contributed by atoms with Gasteiger partial charge in [-0.2, -0.15) is 0 Å². The lowest BCUT2D eigenvalue weighted by molar-refractivity contribution is -0.151. The van der Waals surface area contributed by atoms with Crippen LogP contribution >= 0.6 is 0 Å². The van der Waals surface area contributed by atoms with Crippen LogP contribution in [0.4, 0.5) is 0 Å². The van der Waals surface area contributed by atoms with Crippen LogP contribution in [0.2, 0.25) is 0 Å². The first-order chi connectivity index (χ1) is 15.1. The first-order valence-corrected chi connectivity index (χ1v) is 10.3.